The minimum absolute atomic E-state index is 1.05. The molecule has 0 N–H and O–H groups in total. The number of hydrogen-bond acceptors (Lipinski definition) is 1. The number of nitrogens with zero attached hydrogens (tertiary/aromatic N) is 1. The molecule has 0 radical (unpaired) electrons. The Morgan fingerprint density at radius 3 is 1.33 bits per heavy atom. The highest BCUT2D eigenvalue weighted by molar-refractivity contribution is 5.92. The third-order valence-electron chi connectivity index (χ3n) is 10.8. The molecular formula is C56H41N. The molecule has 0 saturated carbocycles. The van der Waals surface area contributed by atoms with Gasteiger partial charge in [-0.15, -0.1) is 0 Å². The van der Waals surface area contributed by atoms with Crippen molar-refractivity contribution in [1.29, 1.82) is 0 Å². The Morgan fingerprint density at radius 2 is 0.807 bits per heavy atom. The largest absolute Gasteiger partial charge is 0.310 e. The second-order valence-corrected chi connectivity index (χ2v) is 14.3. The lowest BCUT2D eigenvalue weighted by Gasteiger charge is -2.27. The Bertz CT molecular complexity index is 2770. The van der Waals surface area contributed by atoms with Crippen molar-refractivity contribution < 1.29 is 0 Å². The van der Waals surface area contributed by atoms with E-state index in [-0.39, 0.29) is 0 Å². The van der Waals surface area contributed by atoms with Crippen molar-refractivity contribution >= 4 is 44.2 Å². The Balaban J connectivity index is 1.15. The van der Waals surface area contributed by atoms with E-state index in [0.29, 0.717) is 0 Å². The number of allylic oxidation sites excluding steroid dienone is 4. The van der Waals surface area contributed by atoms with Crippen molar-refractivity contribution in [3.05, 3.63) is 243 Å². The summed E-state index contributed by atoms with van der Waals surface area (Å²) in [7, 11) is 0. The van der Waals surface area contributed by atoms with Crippen LogP contribution in [0.2, 0.25) is 0 Å². The second kappa shape index (κ2) is 15.7. The number of rotatable bonds is 10. The van der Waals surface area contributed by atoms with Gasteiger partial charge in [0.1, 0.15) is 0 Å². The number of benzene rings is 9. The van der Waals surface area contributed by atoms with Gasteiger partial charge >= 0.3 is 0 Å². The quantitative estimate of drug-likeness (QED) is 0.127. The molecule has 0 aliphatic rings. The van der Waals surface area contributed by atoms with Gasteiger partial charge in [-0.05, 0) is 126 Å². The molecule has 9 aromatic rings. The standard InChI is InChI=1S/C56H41N/c1-3-12-40(4-2)43-19-23-47(24-20-43)55-36-35-54(39-56(55)46-15-6-5-7-16-46)57(52-31-27-44(28-32-52)50-25-21-41-13-8-10-17-48(41)37-50)53-33-29-45(30-34-53)51-26-22-42-14-9-11-18-49(42)38-51/h3-39H,1-2H2/b40-12+. The zero-order chi connectivity index (χ0) is 38.6. The van der Waals surface area contributed by atoms with Crippen LogP contribution in [0.1, 0.15) is 5.56 Å². The Hall–Kier alpha value is -7.48. The van der Waals surface area contributed by atoms with Gasteiger partial charge in [-0.2, -0.15) is 0 Å². The summed E-state index contributed by atoms with van der Waals surface area (Å²) in [4.78, 5) is 2.37. The first kappa shape index (κ1) is 35.2. The summed E-state index contributed by atoms with van der Waals surface area (Å²) in [5.41, 5.74) is 14.8. The van der Waals surface area contributed by atoms with Crippen LogP contribution >= 0.6 is 0 Å². The van der Waals surface area contributed by atoms with E-state index >= 15 is 0 Å². The Morgan fingerprint density at radius 1 is 0.351 bits per heavy atom. The zero-order valence-electron chi connectivity index (χ0n) is 31.7. The molecule has 0 heterocycles. The molecule has 0 saturated heterocycles. The summed E-state index contributed by atoms with van der Waals surface area (Å²) in [6.07, 6.45) is 5.67. The molecule has 0 unspecified atom stereocenters. The molecule has 0 aromatic heterocycles. The first-order chi connectivity index (χ1) is 28.1. The predicted octanol–water partition coefficient (Wildman–Crippen LogP) is 15.9. The molecule has 270 valence electrons. The fourth-order valence-corrected chi connectivity index (χ4v) is 7.82. The summed E-state index contributed by atoms with van der Waals surface area (Å²) >= 11 is 0. The van der Waals surface area contributed by atoms with Gasteiger partial charge in [-0.1, -0.05) is 189 Å². The maximum Gasteiger partial charge on any atom is 0.0468 e. The van der Waals surface area contributed by atoms with Crippen LogP contribution in [0.3, 0.4) is 0 Å². The lowest BCUT2D eigenvalue weighted by Crippen LogP contribution is -2.10. The van der Waals surface area contributed by atoms with Gasteiger partial charge in [0, 0.05) is 17.1 Å². The first-order valence-corrected chi connectivity index (χ1v) is 19.4. The van der Waals surface area contributed by atoms with Gasteiger partial charge < -0.3 is 4.90 Å². The molecule has 9 rings (SSSR count). The van der Waals surface area contributed by atoms with Crippen LogP contribution in [0.25, 0.3) is 71.6 Å². The molecule has 1 heteroatoms. The third kappa shape index (κ3) is 7.23. The van der Waals surface area contributed by atoms with Crippen LogP contribution in [0.4, 0.5) is 17.1 Å². The zero-order valence-corrected chi connectivity index (χ0v) is 31.7. The average molecular weight is 728 g/mol. The van der Waals surface area contributed by atoms with E-state index in [0.717, 1.165) is 44.9 Å². The van der Waals surface area contributed by atoms with Crippen LogP contribution in [0, 0.1) is 0 Å². The molecular weight excluding hydrogens is 687 g/mol. The van der Waals surface area contributed by atoms with E-state index in [2.05, 4.69) is 224 Å². The molecule has 57 heavy (non-hydrogen) atoms. The van der Waals surface area contributed by atoms with Gasteiger partial charge in [0.05, 0.1) is 0 Å². The van der Waals surface area contributed by atoms with Crippen LogP contribution in [0.15, 0.2) is 238 Å². The molecule has 0 aliphatic carbocycles. The van der Waals surface area contributed by atoms with E-state index in [4.69, 9.17) is 0 Å². The van der Waals surface area contributed by atoms with E-state index in [1.807, 2.05) is 12.2 Å². The lowest BCUT2D eigenvalue weighted by atomic mass is 9.92. The molecule has 0 spiro atoms. The van der Waals surface area contributed by atoms with Crippen molar-refractivity contribution in [1.82, 2.24) is 0 Å². The summed E-state index contributed by atoms with van der Waals surface area (Å²) in [5.74, 6) is 0. The van der Waals surface area contributed by atoms with Gasteiger partial charge in [0.2, 0.25) is 0 Å². The summed E-state index contributed by atoms with van der Waals surface area (Å²) < 4.78 is 0. The van der Waals surface area contributed by atoms with Crippen LogP contribution in [-0.2, 0) is 0 Å². The smallest absolute Gasteiger partial charge is 0.0468 e. The molecule has 0 fully saturated rings. The summed E-state index contributed by atoms with van der Waals surface area (Å²) in [6, 6.07) is 74.6. The fraction of sp³-hybridized carbons (Fsp3) is 0. The van der Waals surface area contributed by atoms with E-state index in [9.17, 15) is 0 Å². The topological polar surface area (TPSA) is 3.24 Å². The van der Waals surface area contributed by atoms with Crippen LogP contribution in [0.5, 0.6) is 0 Å². The SMILES string of the molecule is C=C/C=C(\C=C)c1ccc(-c2ccc(N(c3ccc(-c4ccc5ccccc5c4)cc3)c3ccc(-c4ccc5ccccc5c4)cc3)cc2-c2ccccc2)cc1. The van der Waals surface area contributed by atoms with Gasteiger partial charge in [0.25, 0.3) is 0 Å². The van der Waals surface area contributed by atoms with Crippen molar-refractivity contribution in [3.63, 3.8) is 0 Å². The highest BCUT2D eigenvalue weighted by atomic mass is 15.1. The van der Waals surface area contributed by atoms with Crippen LogP contribution < -0.4 is 4.90 Å². The molecule has 9 aromatic carbocycles. The van der Waals surface area contributed by atoms with Gasteiger partial charge in [-0.3, -0.25) is 0 Å². The highest BCUT2D eigenvalue weighted by Gasteiger charge is 2.17. The first-order valence-electron chi connectivity index (χ1n) is 19.4. The Labute approximate surface area is 335 Å². The van der Waals surface area contributed by atoms with Gasteiger partial charge in [0.15, 0.2) is 0 Å². The minimum atomic E-state index is 1.05. The second-order valence-electron chi connectivity index (χ2n) is 14.3. The predicted molar refractivity (Wildman–Crippen MR) is 246 cm³/mol. The van der Waals surface area contributed by atoms with Crippen molar-refractivity contribution in [2.24, 2.45) is 0 Å². The number of anilines is 3. The lowest BCUT2D eigenvalue weighted by molar-refractivity contribution is 1.28. The van der Waals surface area contributed by atoms with Crippen molar-refractivity contribution in [2.75, 3.05) is 4.90 Å². The third-order valence-corrected chi connectivity index (χ3v) is 10.8. The molecule has 0 amide bonds. The average Bonchev–Trinajstić information content (AvgIpc) is 3.29. The summed E-state index contributed by atoms with van der Waals surface area (Å²) in [6.45, 7) is 7.89. The fourth-order valence-electron chi connectivity index (χ4n) is 7.82. The molecule has 0 bridgehead atoms. The normalized spacial score (nSPS) is 11.4. The minimum Gasteiger partial charge on any atom is -0.310 e. The Kier molecular flexibility index (Phi) is 9.71. The monoisotopic (exact) mass is 727 g/mol. The maximum absolute atomic E-state index is 4.01. The van der Waals surface area contributed by atoms with E-state index in [1.54, 1.807) is 6.08 Å². The maximum atomic E-state index is 4.01. The highest BCUT2D eigenvalue weighted by Crippen LogP contribution is 2.42. The van der Waals surface area contributed by atoms with E-state index in [1.165, 1.54) is 49.4 Å². The number of hydrogen-bond donors (Lipinski definition) is 0. The van der Waals surface area contributed by atoms with Crippen molar-refractivity contribution in [3.8, 4) is 44.5 Å². The van der Waals surface area contributed by atoms with E-state index < -0.39 is 0 Å². The van der Waals surface area contributed by atoms with Crippen molar-refractivity contribution in [2.45, 2.75) is 0 Å². The van der Waals surface area contributed by atoms with Crippen LogP contribution in [-0.4, -0.2) is 0 Å². The molecule has 0 atom stereocenters. The molecule has 1 nitrogen and oxygen atoms in total. The molecule has 0 aliphatic heterocycles. The number of fused-ring (bicyclic) bond motifs is 2. The summed E-state index contributed by atoms with van der Waals surface area (Å²) in [5, 5.41) is 4.97. The van der Waals surface area contributed by atoms with Gasteiger partial charge in [-0.25, -0.2) is 0 Å².